The molecule has 0 aliphatic rings. The standard InChI is InChI=1S/C24H38N6O6/c1-14(2)20(30-21(32)16(26)10-6-7-11-25)23(34)28-17(13-19(27)31)22(33)29-18(24(35)36)12-15-8-4-3-5-9-15/h3-5,8-9,14,16-18,20H,6-7,10-13,25-26H2,1-2H3,(H2,27,31)(H,28,34)(H,29,33)(H,30,32)(H,35,36). The Morgan fingerprint density at radius 2 is 1.50 bits per heavy atom. The predicted molar refractivity (Wildman–Crippen MR) is 133 cm³/mol. The topological polar surface area (TPSA) is 220 Å². The van der Waals surface area contributed by atoms with Crippen LogP contribution in [-0.2, 0) is 30.4 Å². The molecule has 36 heavy (non-hydrogen) atoms. The van der Waals surface area contributed by atoms with E-state index >= 15 is 0 Å². The molecule has 0 aliphatic heterocycles. The molecule has 4 amide bonds. The van der Waals surface area contributed by atoms with Crippen molar-refractivity contribution in [1.82, 2.24) is 16.0 Å². The number of hydrogen-bond donors (Lipinski definition) is 7. The molecule has 1 aromatic carbocycles. The molecule has 4 unspecified atom stereocenters. The summed E-state index contributed by atoms with van der Waals surface area (Å²) in [4.78, 5) is 61.6. The van der Waals surface area contributed by atoms with Crippen LogP contribution in [0.2, 0.25) is 0 Å². The fraction of sp³-hybridized carbons (Fsp3) is 0.542. The minimum atomic E-state index is -1.44. The van der Waals surface area contributed by atoms with Gasteiger partial charge in [0.15, 0.2) is 0 Å². The van der Waals surface area contributed by atoms with Crippen LogP contribution in [0.4, 0.5) is 0 Å². The zero-order chi connectivity index (χ0) is 27.3. The number of primary amides is 1. The molecule has 4 atom stereocenters. The summed E-state index contributed by atoms with van der Waals surface area (Å²) in [6, 6.07) is 4.01. The number of hydrogen-bond acceptors (Lipinski definition) is 7. The minimum Gasteiger partial charge on any atom is -0.480 e. The first-order chi connectivity index (χ1) is 17.0. The van der Waals surface area contributed by atoms with Gasteiger partial charge in [-0.3, -0.25) is 19.2 Å². The summed E-state index contributed by atoms with van der Waals surface area (Å²) in [6.07, 6.45) is 1.18. The SMILES string of the molecule is CC(C)C(NC(=O)C(N)CCCCN)C(=O)NC(CC(N)=O)C(=O)NC(Cc1ccccc1)C(=O)O. The van der Waals surface area contributed by atoms with Crippen molar-refractivity contribution in [2.45, 2.75) is 70.1 Å². The Morgan fingerprint density at radius 3 is 2.03 bits per heavy atom. The van der Waals surface area contributed by atoms with Crippen LogP contribution >= 0.6 is 0 Å². The van der Waals surface area contributed by atoms with Crippen molar-refractivity contribution >= 4 is 29.6 Å². The third-order valence-corrected chi connectivity index (χ3v) is 5.49. The van der Waals surface area contributed by atoms with E-state index < -0.39 is 60.2 Å². The second-order valence-electron chi connectivity index (χ2n) is 8.94. The Balaban J connectivity index is 2.93. The van der Waals surface area contributed by atoms with Gasteiger partial charge in [-0.25, -0.2) is 4.79 Å². The molecule has 0 bridgehead atoms. The molecular weight excluding hydrogens is 468 g/mol. The third-order valence-electron chi connectivity index (χ3n) is 5.49. The highest BCUT2D eigenvalue weighted by Gasteiger charge is 2.32. The van der Waals surface area contributed by atoms with E-state index in [9.17, 15) is 29.1 Å². The number of carboxylic acids is 1. The number of nitrogens with one attached hydrogen (secondary N) is 3. The fourth-order valence-electron chi connectivity index (χ4n) is 3.43. The molecule has 0 spiro atoms. The molecule has 0 heterocycles. The lowest BCUT2D eigenvalue weighted by atomic mass is 10.0. The second-order valence-corrected chi connectivity index (χ2v) is 8.94. The Morgan fingerprint density at radius 1 is 0.889 bits per heavy atom. The quantitative estimate of drug-likeness (QED) is 0.134. The molecular formula is C24H38N6O6. The summed E-state index contributed by atoms with van der Waals surface area (Å²) in [7, 11) is 0. The lowest BCUT2D eigenvalue weighted by Crippen LogP contribution is -2.59. The van der Waals surface area contributed by atoms with Crippen LogP contribution < -0.4 is 33.2 Å². The normalized spacial score (nSPS) is 14.2. The zero-order valence-electron chi connectivity index (χ0n) is 20.7. The molecule has 0 radical (unpaired) electrons. The number of carboxylic acid groups (broad SMARTS) is 1. The smallest absolute Gasteiger partial charge is 0.326 e. The Labute approximate surface area is 210 Å². The number of unbranched alkanes of at least 4 members (excludes halogenated alkanes) is 1. The number of rotatable bonds is 16. The highest BCUT2D eigenvalue weighted by molar-refractivity contribution is 5.96. The maximum Gasteiger partial charge on any atom is 0.326 e. The maximum absolute atomic E-state index is 13.0. The van der Waals surface area contributed by atoms with Gasteiger partial charge in [0.25, 0.3) is 0 Å². The monoisotopic (exact) mass is 506 g/mol. The molecule has 0 fully saturated rings. The number of nitrogens with two attached hydrogens (primary N) is 3. The van der Waals surface area contributed by atoms with Crippen molar-refractivity contribution in [1.29, 1.82) is 0 Å². The summed E-state index contributed by atoms with van der Waals surface area (Å²) in [6.45, 7) is 3.85. The van der Waals surface area contributed by atoms with Gasteiger partial charge in [-0.2, -0.15) is 0 Å². The van der Waals surface area contributed by atoms with Crippen LogP contribution in [0.15, 0.2) is 30.3 Å². The molecule has 1 rings (SSSR count). The molecule has 0 saturated heterocycles. The van der Waals surface area contributed by atoms with E-state index in [-0.39, 0.29) is 12.3 Å². The summed E-state index contributed by atoms with van der Waals surface area (Å²) in [5, 5.41) is 16.9. The van der Waals surface area contributed by atoms with Crippen molar-refractivity contribution in [2.24, 2.45) is 23.1 Å². The van der Waals surface area contributed by atoms with E-state index in [2.05, 4.69) is 16.0 Å². The van der Waals surface area contributed by atoms with E-state index in [0.717, 1.165) is 0 Å². The number of aliphatic carboxylic acids is 1. The van der Waals surface area contributed by atoms with E-state index in [1.54, 1.807) is 44.2 Å². The van der Waals surface area contributed by atoms with Gasteiger partial charge in [-0.15, -0.1) is 0 Å². The van der Waals surface area contributed by atoms with Gasteiger partial charge in [0.2, 0.25) is 23.6 Å². The molecule has 10 N–H and O–H groups in total. The van der Waals surface area contributed by atoms with Gasteiger partial charge in [0.1, 0.15) is 18.1 Å². The van der Waals surface area contributed by atoms with Gasteiger partial charge in [-0.05, 0) is 30.9 Å². The lowest BCUT2D eigenvalue weighted by molar-refractivity contribution is -0.142. The Kier molecular flexibility index (Phi) is 13.1. The highest BCUT2D eigenvalue weighted by Crippen LogP contribution is 2.08. The molecule has 200 valence electrons. The van der Waals surface area contributed by atoms with Gasteiger partial charge in [-0.1, -0.05) is 50.6 Å². The van der Waals surface area contributed by atoms with Crippen molar-refractivity contribution < 1.29 is 29.1 Å². The first-order valence-electron chi connectivity index (χ1n) is 11.9. The largest absolute Gasteiger partial charge is 0.480 e. The number of amides is 4. The van der Waals surface area contributed by atoms with E-state index in [1.165, 1.54) is 0 Å². The average molecular weight is 507 g/mol. The van der Waals surface area contributed by atoms with E-state index in [4.69, 9.17) is 17.2 Å². The summed E-state index contributed by atoms with van der Waals surface area (Å²) in [5.41, 5.74) is 17.3. The first kappa shape index (κ1) is 30.5. The number of carbonyl (C=O) groups is 5. The average Bonchev–Trinajstić information content (AvgIpc) is 2.81. The summed E-state index contributed by atoms with van der Waals surface area (Å²) >= 11 is 0. The first-order valence-corrected chi connectivity index (χ1v) is 11.9. The summed E-state index contributed by atoms with van der Waals surface area (Å²) < 4.78 is 0. The molecule has 0 saturated carbocycles. The zero-order valence-corrected chi connectivity index (χ0v) is 20.7. The lowest BCUT2D eigenvalue weighted by Gasteiger charge is -2.26. The summed E-state index contributed by atoms with van der Waals surface area (Å²) in [5.74, 6) is -4.70. The van der Waals surface area contributed by atoms with Crippen molar-refractivity contribution in [3.63, 3.8) is 0 Å². The van der Waals surface area contributed by atoms with Gasteiger partial charge < -0.3 is 38.3 Å². The van der Waals surface area contributed by atoms with E-state index in [1.807, 2.05) is 0 Å². The van der Waals surface area contributed by atoms with Crippen LogP contribution in [-0.4, -0.2) is 65.4 Å². The van der Waals surface area contributed by atoms with Crippen LogP contribution in [0.5, 0.6) is 0 Å². The Hall–Kier alpha value is -3.51. The van der Waals surface area contributed by atoms with Crippen LogP contribution in [0.3, 0.4) is 0 Å². The highest BCUT2D eigenvalue weighted by atomic mass is 16.4. The number of benzene rings is 1. The van der Waals surface area contributed by atoms with Crippen molar-refractivity contribution in [2.75, 3.05) is 6.54 Å². The van der Waals surface area contributed by atoms with Crippen LogP contribution in [0.25, 0.3) is 0 Å². The second kappa shape index (κ2) is 15.5. The maximum atomic E-state index is 13.0. The molecule has 12 heteroatoms. The van der Waals surface area contributed by atoms with Gasteiger partial charge in [0, 0.05) is 6.42 Å². The van der Waals surface area contributed by atoms with Gasteiger partial charge >= 0.3 is 5.97 Å². The van der Waals surface area contributed by atoms with Crippen molar-refractivity contribution in [3.8, 4) is 0 Å². The third kappa shape index (κ3) is 10.8. The fourth-order valence-corrected chi connectivity index (χ4v) is 3.43. The molecule has 12 nitrogen and oxygen atoms in total. The predicted octanol–water partition coefficient (Wildman–Crippen LogP) is -1.24. The molecule has 1 aromatic rings. The molecule has 0 aromatic heterocycles. The van der Waals surface area contributed by atoms with E-state index in [0.29, 0.717) is 31.4 Å². The van der Waals surface area contributed by atoms with Crippen LogP contribution in [0.1, 0.15) is 45.1 Å². The van der Waals surface area contributed by atoms with Crippen molar-refractivity contribution in [3.05, 3.63) is 35.9 Å². The minimum absolute atomic E-state index is 0.00806. The Bertz CT molecular complexity index is 894. The number of carbonyl (C=O) groups excluding carboxylic acids is 4. The van der Waals surface area contributed by atoms with Crippen LogP contribution in [0, 0.1) is 5.92 Å². The molecule has 0 aliphatic carbocycles. The van der Waals surface area contributed by atoms with Gasteiger partial charge in [0.05, 0.1) is 12.5 Å².